The summed E-state index contributed by atoms with van der Waals surface area (Å²) in [4.78, 5) is 17.1. The van der Waals surface area contributed by atoms with Crippen LogP contribution in [0, 0.1) is 0 Å². The molecule has 0 radical (unpaired) electrons. The van der Waals surface area contributed by atoms with E-state index in [1.807, 2.05) is 0 Å². The first-order valence-electron chi connectivity index (χ1n) is 10.6. The Labute approximate surface area is 166 Å². The molecule has 0 unspecified atom stereocenters. The molecule has 0 saturated heterocycles. The van der Waals surface area contributed by atoms with Crippen LogP contribution in [0.15, 0.2) is 12.2 Å². The smallest absolute Gasteiger partial charge is 0.395 e. The van der Waals surface area contributed by atoms with E-state index in [9.17, 15) is 4.57 Å². The van der Waals surface area contributed by atoms with E-state index in [0.717, 1.165) is 19.3 Å². The summed E-state index contributed by atoms with van der Waals surface area (Å²) in [5.74, 6) is 0. The van der Waals surface area contributed by atoms with Gasteiger partial charge in [0.25, 0.3) is 0 Å². The van der Waals surface area contributed by atoms with Crippen LogP contribution in [0.25, 0.3) is 0 Å². The number of phosphoric acid groups is 1. The van der Waals surface area contributed by atoms with Crippen LogP contribution in [0.5, 0.6) is 0 Å². The highest BCUT2D eigenvalue weighted by atomic mass is 31.2. The molecule has 0 rings (SSSR count). The van der Waals surface area contributed by atoms with Crippen molar-refractivity contribution in [3.63, 3.8) is 0 Å². The Morgan fingerprint density at radius 3 is 1.63 bits per heavy atom. The number of hydrogen-bond acceptors (Lipinski definition) is 4. The van der Waals surface area contributed by atoms with Crippen molar-refractivity contribution in [2.45, 2.75) is 96.8 Å². The van der Waals surface area contributed by atoms with E-state index < -0.39 is 7.82 Å². The van der Waals surface area contributed by atoms with Crippen LogP contribution < -0.4 is 5.73 Å². The summed E-state index contributed by atoms with van der Waals surface area (Å²) in [6, 6.07) is 0. The van der Waals surface area contributed by atoms with Crippen molar-refractivity contribution >= 4 is 7.82 Å². The number of nitrogens with two attached hydrogens (primary N) is 1. The maximum atomic E-state index is 10.5. The Kier molecular flexibility index (Phi) is 25.6. The largest absolute Gasteiger partial charge is 0.469 e. The summed E-state index contributed by atoms with van der Waals surface area (Å²) >= 11 is 0. The molecule has 0 amide bonds. The summed E-state index contributed by atoms with van der Waals surface area (Å²) in [5, 5.41) is 7.75. The van der Waals surface area contributed by atoms with Crippen molar-refractivity contribution in [3.8, 4) is 0 Å². The lowest BCUT2D eigenvalue weighted by atomic mass is 10.1. The van der Waals surface area contributed by atoms with Gasteiger partial charge < -0.3 is 20.6 Å². The second-order valence-electron chi connectivity index (χ2n) is 6.77. The van der Waals surface area contributed by atoms with Crippen molar-refractivity contribution < 1.29 is 24.0 Å². The SMILES string of the molecule is CCCCCCCCC=CCCCCCCCCOP(=O)(O)O.NCCO. The monoisotopic (exact) mass is 409 g/mol. The van der Waals surface area contributed by atoms with Gasteiger partial charge >= 0.3 is 7.82 Å². The lowest BCUT2D eigenvalue weighted by molar-refractivity contribution is 0.193. The van der Waals surface area contributed by atoms with Gasteiger partial charge in [-0.2, -0.15) is 0 Å². The highest BCUT2D eigenvalue weighted by Crippen LogP contribution is 2.35. The fourth-order valence-electron chi connectivity index (χ4n) is 2.53. The average Bonchev–Trinajstić information content (AvgIpc) is 2.63. The summed E-state index contributed by atoms with van der Waals surface area (Å²) in [6.07, 6.45) is 21.7. The molecular formula is C20H44NO5P. The first kappa shape index (κ1) is 29.0. The molecule has 0 atom stereocenters. The van der Waals surface area contributed by atoms with Gasteiger partial charge in [0.1, 0.15) is 0 Å². The van der Waals surface area contributed by atoms with Crippen LogP contribution >= 0.6 is 7.82 Å². The molecule has 164 valence electrons. The minimum Gasteiger partial charge on any atom is -0.395 e. The number of rotatable bonds is 18. The molecule has 0 aliphatic carbocycles. The number of phosphoric ester groups is 1. The highest BCUT2D eigenvalue weighted by molar-refractivity contribution is 7.46. The number of unbranched alkanes of at least 4 members (excludes halogenated alkanes) is 12. The van der Waals surface area contributed by atoms with Gasteiger partial charge in [-0.3, -0.25) is 4.52 Å². The summed E-state index contributed by atoms with van der Waals surface area (Å²) in [6.45, 7) is 2.88. The molecule has 0 aliphatic heterocycles. The van der Waals surface area contributed by atoms with Gasteiger partial charge in [0.05, 0.1) is 13.2 Å². The summed E-state index contributed by atoms with van der Waals surface area (Å²) in [5.41, 5.74) is 4.78. The number of aliphatic hydroxyl groups is 1. The first-order valence-corrected chi connectivity index (χ1v) is 12.2. The van der Waals surface area contributed by atoms with Gasteiger partial charge in [0.15, 0.2) is 0 Å². The van der Waals surface area contributed by atoms with E-state index in [-0.39, 0.29) is 13.2 Å². The quantitative estimate of drug-likeness (QED) is 0.143. The Morgan fingerprint density at radius 1 is 0.815 bits per heavy atom. The zero-order chi connectivity index (χ0) is 20.6. The minimum atomic E-state index is -4.26. The van der Waals surface area contributed by atoms with E-state index in [1.165, 1.54) is 70.6 Å². The third-order valence-electron chi connectivity index (χ3n) is 4.04. The highest BCUT2D eigenvalue weighted by Gasteiger charge is 2.12. The summed E-state index contributed by atoms with van der Waals surface area (Å²) < 4.78 is 14.9. The van der Waals surface area contributed by atoms with Gasteiger partial charge in [-0.25, -0.2) is 4.57 Å². The lowest BCUT2D eigenvalue weighted by Crippen LogP contribution is -2.02. The maximum Gasteiger partial charge on any atom is 0.469 e. The minimum absolute atomic E-state index is 0.0972. The average molecular weight is 410 g/mol. The van der Waals surface area contributed by atoms with Gasteiger partial charge in [-0.15, -0.1) is 0 Å². The van der Waals surface area contributed by atoms with Crippen molar-refractivity contribution in [1.29, 1.82) is 0 Å². The van der Waals surface area contributed by atoms with Crippen molar-refractivity contribution in [2.24, 2.45) is 5.73 Å². The van der Waals surface area contributed by atoms with Crippen LogP contribution in [0.1, 0.15) is 96.8 Å². The van der Waals surface area contributed by atoms with Crippen LogP contribution in [0.3, 0.4) is 0 Å². The molecule has 0 aromatic carbocycles. The van der Waals surface area contributed by atoms with E-state index in [0.29, 0.717) is 6.54 Å². The van der Waals surface area contributed by atoms with Gasteiger partial charge in [0.2, 0.25) is 0 Å². The zero-order valence-electron chi connectivity index (χ0n) is 17.4. The molecular weight excluding hydrogens is 365 g/mol. The standard InChI is InChI=1S/C18H37O4P.C2H7NO/c1-2-3-4-5-6-7-8-9-10-11-12-13-14-15-16-17-18-22-23(19,20)21;3-1-2-4/h9-10H,2-8,11-18H2,1H3,(H2,19,20,21);4H,1-3H2. The fourth-order valence-corrected chi connectivity index (χ4v) is 2.90. The Bertz CT molecular complexity index is 345. The predicted molar refractivity (Wildman–Crippen MR) is 114 cm³/mol. The predicted octanol–water partition coefficient (Wildman–Crippen LogP) is 5.07. The topological polar surface area (TPSA) is 113 Å². The van der Waals surface area contributed by atoms with Gasteiger partial charge in [0, 0.05) is 6.54 Å². The Morgan fingerprint density at radius 2 is 1.22 bits per heavy atom. The molecule has 0 spiro atoms. The normalized spacial score (nSPS) is 11.6. The van der Waals surface area contributed by atoms with Crippen molar-refractivity contribution in [3.05, 3.63) is 12.2 Å². The molecule has 0 aromatic rings. The molecule has 6 nitrogen and oxygen atoms in total. The van der Waals surface area contributed by atoms with E-state index in [2.05, 4.69) is 23.6 Å². The number of allylic oxidation sites excluding steroid dienone is 2. The van der Waals surface area contributed by atoms with E-state index >= 15 is 0 Å². The van der Waals surface area contributed by atoms with Gasteiger partial charge in [-0.05, 0) is 32.1 Å². The molecule has 0 fully saturated rings. The summed E-state index contributed by atoms with van der Waals surface area (Å²) in [7, 11) is -4.26. The molecule has 0 saturated carbocycles. The first-order chi connectivity index (χ1) is 13.0. The Hall–Kier alpha value is -0.230. The number of aliphatic hydroxyl groups excluding tert-OH is 1. The third-order valence-corrected chi connectivity index (χ3v) is 4.56. The van der Waals surface area contributed by atoms with E-state index in [4.69, 9.17) is 20.6 Å². The molecule has 0 bridgehead atoms. The van der Waals surface area contributed by atoms with Gasteiger partial charge in [-0.1, -0.05) is 76.9 Å². The lowest BCUT2D eigenvalue weighted by Gasteiger charge is -2.04. The molecule has 0 heterocycles. The molecule has 0 aromatic heterocycles. The van der Waals surface area contributed by atoms with Crippen molar-refractivity contribution in [2.75, 3.05) is 19.8 Å². The van der Waals surface area contributed by atoms with Crippen LogP contribution in [-0.4, -0.2) is 34.7 Å². The third kappa shape index (κ3) is 33.8. The maximum absolute atomic E-state index is 10.5. The van der Waals surface area contributed by atoms with Crippen LogP contribution in [-0.2, 0) is 9.09 Å². The molecule has 7 heteroatoms. The molecule has 5 N–H and O–H groups in total. The van der Waals surface area contributed by atoms with Crippen LogP contribution in [0.2, 0.25) is 0 Å². The molecule has 27 heavy (non-hydrogen) atoms. The second kappa shape index (κ2) is 23.8. The van der Waals surface area contributed by atoms with Crippen molar-refractivity contribution in [1.82, 2.24) is 0 Å². The van der Waals surface area contributed by atoms with Crippen LogP contribution in [0.4, 0.5) is 0 Å². The fraction of sp³-hybridized carbons (Fsp3) is 0.900. The number of hydrogen-bond donors (Lipinski definition) is 4. The Balaban J connectivity index is 0. The molecule has 0 aliphatic rings. The zero-order valence-corrected chi connectivity index (χ0v) is 18.3. The second-order valence-corrected chi connectivity index (χ2v) is 8.01. The van der Waals surface area contributed by atoms with E-state index in [1.54, 1.807) is 0 Å².